The zero-order valence-corrected chi connectivity index (χ0v) is 16.5. The van der Waals surface area contributed by atoms with Crippen LogP contribution in [0.4, 0.5) is 0 Å². The van der Waals surface area contributed by atoms with E-state index in [0.717, 1.165) is 64.0 Å². The highest BCUT2D eigenvalue weighted by molar-refractivity contribution is 5.94. The minimum Gasteiger partial charge on any atom is -0.491 e. The maximum absolute atomic E-state index is 12.8. The summed E-state index contributed by atoms with van der Waals surface area (Å²) in [6.45, 7) is 4.49. The Hall–Kier alpha value is -2.08. The quantitative estimate of drug-likeness (QED) is 0.781. The Balaban J connectivity index is 1.25. The van der Waals surface area contributed by atoms with Crippen molar-refractivity contribution < 1.29 is 19.1 Å². The first-order valence-corrected chi connectivity index (χ1v) is 10.6. The van der Waals surface area contributed by atoms with Gasteiger partial charge in [-0.2, -0.15) is 0 Å². The van der Waals surface area contributed by atoms with Crippen LogP contribution in [0.5, 0.6) is 5.75 Å². The van der Waals surface area contributed by atoms with Gasteiger partial charge in [-0.3, -0.25) is 9.59 Å². The van der Waals surface area contributed by atoms with Crippen molar-refractivity contribution in [3.05, 3.63) is 29.8 Å². The molecular weight excluding hydrogens is 356 g/mol. The van der Waals surface area contributed by atoms with Crippen molar-refractivity contribution in [3.63, 3.8) is 0 Å². The third-order valence-corrected chi connectivity index (χ3v) is 6.11. The third kappa shape index (κ3) is 4.49. The van der Waals surface area contributed by atoms with Gasteiger partial charge in [0.1, 0.15) is 12.4 Å². The summed E-state index contributed by atoms with van der Waals surface area (Å²) in [6, 6.07) is 7.36. The topological polar surface area (TPSA) is 59.1 Å². The number of likely N-dealkylation sites (tertiary alicyclic amines) is 2. The van der Waals surface area contributed by atoms with Crippen molar-refractivity contribution in [3.8, 4) is 5.75 Å². The van der Waals surface area contributed by atoms with E-state index < -0.39 is 0 Å². The molecule has 1 aromatic carbocycles. The van der Waals surface area contributed by atoms with Gasteiger partial charge in [0.05, 0.1) is 6.10 Å². The molecule has 3 saturated heterocycles. The van der Waals surface area contributed by atoms with Crippen molar-refractivity contribution in [1.29, 1.82) is 0 Å². The Bertz CT molecular complexity index is 670. The van der Waals surface area contributed by atoms with Crippen LogP contribution in [0.2, 0.25) is 0 Å². The molecule has 6 nitrogen and oxygen atoms in total. The molecule has 0 spiro atoms. The van der Waals surface area contributed by atoms with Crippen LogP contribution in [-0.4, -0.2) is 67.1 Å². The van der Waals surface area contributed by atoms with Gasteiger partial charge in [-0.05, 0) is 62.8 Å². The van der Waals surface area contributed by atoms with Gasteiger partial charge in [0.15, 0.2) is 0 Å². The number of benzene rings is 1. The van der Waals surface area contributed by atoms with E-state index in [0.29, 0.717) is 25.3 Å². The van der Waals surface area contributed by atoms with E-state index in [1.54, 1.807) is 0 Å². The summed E-state index contributed by atoms with van der Waals surface area (Å²) in [7, 11) is 0. The van der Waals surface area contributed by atoms with Crippen molar-refractivity contribution in [2.45, 2.75) is 44.6 Å². The minimum absolute atomic E-state index is 0.0396. The molecule has 0 aromatic heterocycles. The van der Waals surface area contributed by atoms with E-state index >= 15 is 0 Å². The number of hydrogen-bond donors (Lipinski definition) is 0. The molecular formula is C22H30N2O4. The van der Waals surface area contributed by atoms with Crippen LogP contribution in [0.3, 0.4) is 0 Å². The average Bonchev–Trinajstić information content (AvgIpc) is 3.46. The van der Waals surface area contributed by atoms with Gasteiger partial charge in [0, 0.05) is 44.3 Å². The normalized spacial score (nSPS) is 23.2. The first-order chi connectivity index (χ1) is 13.7. The van der Waals surface area contributed by atoms with Gasteiger partial charge < -0.3 is 19.3 Å². The number of nitrogens with zero attached hydrogens (tertiary/aromatic N) is 2. The number of carbonyl (C=O) groups excluding carboxylic acids is 2. The van der Waals surface area contributed by atoms with E-state index in [1.807, 2.05) is 34.1 Å². The standard InChI is InChI=1S/C22H30N2O4/c25-21(17-5-7-19(8-6-17)28-16-20-4-3-15-27-20)24-13-9-18(10-14-24)22(26)23-11-1-2-12-23/h5-8,18,20H,1-4,9-16H2. The molecule has 3 heterocycles. The van der Waals surface area contributed by atoms with Gasteiger partial charge in [-0.15, -0.1) is 0 Å². The Morgan fingerprint density at radius 1 is 0.929 bits per heavy atom. The number of hydrogen-bond acceptors (Lipinski definition) is 4. The molecule has 0 aliphatic carbocycles. The summed E-state index contributed by atoms with van der Waals surface area (Å²) >= 11 is 0. The summed E-state index contributed by atoms with van der Waals surface area (Å²) in [4.78, 5) is 29.2. The van der Waals surface area contributed by atoms with Crippen molar-refractivity contribution in [1.82, 2.24) is 9.80 Å². The minimum atomic E-state index is 0.0396. The number of ether oxygens (including phenoxy) is 2. The fourth-order valence-corrected chi connectivity index (χ4v) is 4.37. The Morgan fingerprint density at radius 3 is 2.29 bits per heavy atom. The van der Waals surface area contributed by atoms with E-state index in [2.05, 4.69) is 0 Å². The van der Waals surface area contributed by atoms with Crippen LogP contribution in [0.1, 0.15) is 48.9 Å². The van der Waals surface area contributed by atoms with Gasteiger partial charge in [-0.1, -0.05) is 0 Å². The lowest BCUT2D eigenvalue weighted by molar-refractivity contribution is -0.135. The lowest BCUT2D eigenvalue weighted by Crippen LogP contribution is -2.43. The molecule has 3 fully saturated rings. The lowest BCUT2D eigenvalue weighted by atomic mass is 9.95. The van der Waals surface area contributed by atoms with Crippen LogP contribution in [0.15, 0.2) is 24.3 Å². The highest BCUT2D eigenvalue weighted by Crippen LogP contribution is 2.24. The highest BCUT2D eigenvalue weighted by atomic mass is 16.5. The average molecular weight is 386 g/mol. The van der Waals surface area contributed by atoms with Gasteiger partial charge in [0.2, 0.25) is 5.91 Å². The molecule has 1 atom stereocenters. The van der Waals surface area contributed by atoms with Crippen molar-refractivity contribution in [2.24, 2.45) is 5.92 Å². The Kier molecular flexibility index (Phi) is 6.15. The largest absolute Gasteiger partial charge is 0.491 e. The van der Waals surface area contributed by atoms with Gasteiger partial charge in [-0.25, -0.2) is 0 Å². The predicted molar refractivity (Wildman–Crippen MR) is 105 cm³/mol. The van der Waals surface area contributed by atoms with Crippen LogP contribution >= 0.6 is 0 Å². The molecule has 0 N–H and O–H groups in total. The van der Waals surface area contributed by atoms with Crippen molar-refractivity contribution in [2.75, 3.05) is 39.4 Å². The monoisotopic (exact) mass is 386 g/mol. The molecule has 152 valence electrons. The lowest BCUT2D eigenvalue weighted by Gasteiger charge is -2.33. The third-order valence-electron chi connectivity index (χ3n) is 6.11. The van der Waals surface area contributed by atoms with E-state index in [-0.39, 0.29) is 23.8 Å². The van der Waals surface area contributed by atoms with E-state index in [9.17, 15) is 9.59 Å². The molecule has 0 saturated carbocycles. The summed E-state index contributed by atoms with van der Waals surface area (Å²) in [6.07, 6.45) is 6.11. The number of amides is 2. The fraction of sp³-hybridized carbons (Fsp3) is 0.636. The van der Waals surface area contributed by atoms with E-state index in [4.69, 9.17) is 9.47 Å². The first kappa shape index (κ1) is 19.2. The van der Waals surface area contributed by atoms with Gasteiger partial charge >= 0.3 is 0 Å². The smallest absolute Gasteiger partial charge is 0.253 e. The fourth-order valence-electron chi connectivity index (χ4n) is 4.37. The molecule has 1 aromatic rings. The highest BCUT2D eigenvalue weighted by Gasteiger charge is 2.31. The summed E-state index contributed by atoms with van der Waals surface area (Å²) < 4.78 is 11.3. The maximum atomic E-state index is 12.8. The second-order valence-corrected chi connectivity index (χ2v) is 8.07. The molecule has 0 bridgehead atoms. The molecule has 2 amide bonds. The SMILES string of the molecule is O=C(c1ccc(OCC2CCCO2)cc1)N1CCC(C(=O)N2CCCC2)CC1. The van der Waals surface area contributed by atoms with E-state index in [1.165, 1.54) is 0 Å². The molecule has 3 aliphatic heterocycles. The summed E-state index contributed by atoms with van der Waals surface area (Å²) in [5, 5.41) is 0. The summed E-state index contributed by atoms with van der Waals surface area (Å²) in [5.74, 6) is 1.17. The second-order valence-electron chi connectivity index (χ2n) is 8.07. The predicted octanol–water partition coefficient (Wildman–Crippen LogP) is 2.72. The molecule has 1 unspecified atom stereocenters. The summed E-state index contributed by atoms with van der Waals surface area (Å²) in [5.41, 5.74) is 0.675. The Labute approximate surface area is 166 Å². The molecule has 3 aliphatic rings. The zero-order chi connectivity index (χ0) is 19.3. The van der Waals surface area contributed by atoms with Crippen LogP contribution in [0.25, 0.3) is 0 Å². The molecule has 4 rings (SSSR count). The number of piperidine rings is 1. The van der Waals surface area contributed by atoms with Gasteiger partial charge in [0.25, 0.3) is 5.91 Å². The number of rotatable bonds is 5. The van der Waals surface area contributed by atoms with Crippen LogP contribution in [0, 0.1) is 5.92 Å². The second kappa shape index (κ2) is 8.95. The molecule has 28 heavy (non-hydrogen) atoms. The Morgan fingerprint density at radius 2 is 1.64 bits per heavy atom. The van der Waals surface area contributed by atoms with Crippen LogP contribution < -0.4 is 4.74 Å². The maximum Gasteiger partial charge on any atom is 0.253 e. The van der Waals surface area contributed by atoms with Crippen LogP contribution in [-0.2, 0) is 9.53 Å². The molecule has 6 heteroatoms. The first-order valence-electron chi connectivity index (χ1n) is 10.6. The molecule has 0 radical (unpaired) electrons. The van der Waals surface area contributed by atoms with Crippen molar-refractivity contribution >= 4 is 11.8 Å². The number of carbonyl (C=O) groups is 2. The zero-order valence-electron chi connectivity index (χ0n) is 16.5.